The Balaban J connectivity index is 2.38. The number of nitrogens with zero attached hydrogens (tertiary/aromatic N) is 2. The Labute approximate surface area is 214 Å². The fraction of sp³-hybridized carbons (Fsp3) is 0.417. The second-order valence-corrected chi connectivity index (χ2v) is 7.79. The van der Waals surface area contributed by atoms with Crippen LogP contribution in [0.4, 0.5) is 11.4 Å². The predicted octanol–water partition coefficient (Wildman–Crippen LogP) is 6.27. The number of hydrogen-bond donors (Lipinski definition) is 1. The summed E-state index contributed by atoms with van der Waals surface area (Å²) in [4.78, 5) is 25.3. The smallest absolute Gasteiger partial charge is 0.258 e. The van der Waals surface area contributed by atoms with Gasteiger partial charge in [0.2, 0.25) is 6.04 Å². The monoisotopic (exact) mass is 525 g/mol. The summed E-state index contributed by atoms with van der Waals surface area (Å²) in [5.41, 5.74) is 0.364. The number of rotatable bonds is 13. The first-order chi connectivity index (χ1) is 16.7. The molecule has 190 valence electrons. The summed E-state index contributed by atoms with van der Waals surface area (Å²) in [6.45, 7) is 10.0. The lowest BCUT2D eigenvalue weighted by molar-refractivity contribution is -0.126. The second kappa shape index (κ2) is 13.7. The molecule has 0 saturated carbocycles. The minimum absolute atomic E-state index is 0.171. The highest BCUT2D eigenvalue weighted by molar-refractivity contribution is 6.34. The number of hydrogen-bond acceptors (Lipinski definition) is 8. The molecule has 0 saturated heterocycles. The highest BCUT2D eigenvalue weighted by Gasteiger charge is 2.26. The van der Waals surface area contributed by atoms with Crippen LogP contribution in [0, 0.1) is 0 Å². The average molecular weight is 526 g/mol. The van der Waals surface area contributed by atoms with Crippen LogP contribution in [-0.2, 0) is 9.59 Å². The normalized spacial score (nSPS) is 11.7. The number of amides is 1. The van der Waals surface area contributed by atoms with Crippen LogP contribution in [0.3, 0.4) is 0 Å². The van der Waals surface area contributed by atoms with E-state index in [4.69, 9.17) is 42.1 Å². The van der Waals surface area contributed by atoms with E-state index in [0.29, 0.717) is 49.4 Å². The molecule has 1 N–H and O–H groups in total. The van der Waals surface area contributed by atoms with E-state index in [1.807, 2.05) is 13.8 Å². The molecule has 0 heterocycles. The lowest BCUT2D eigenvalue weighted by Gasteiger charge is -2.16. The van der Waals surface area contributed by atoms with Gasteiger partial charge in [0, 0.05) is 24.3 Å². The van der Waals surface area contributed by atoms with Crippen molar-refractivity contribution in [3.8, 4) is 23.0 Å². The number of ketones is 1. The van der Waals surface area contributed by atoms with Crippen molar-refractivity contribution < 1.29 is 28.5 Å². The Hall–Kier alpha value is -3.04. The third-order valence-electron chi connectivity index (χ3n) is 4.41. The summed E-state index contributed by atoms with van der Waals surface area (Å²) in [6.07, 6.45) is 0. The molecule has 1 atom stereocenters. The lowest BCUT2D eigenvalue weighted by atomic mass is 10.2. The van der Waals surface area contributed by atoms with Crippen molar-refractivity contribution in [2.75, 3.05) is 31.7 Å². The summed E-state index contributed by atoms with van der Waals surface area (Å²) in [7, 11) is 0. The van der Waals surface area contributed by atoms with Crippen LogP contribution in [0.25, 0.3) is 0 Å². The highest BCUT2D eigenvalue weighted by Crippen LogP contribution is 2.40. The van der Waals surface area contributed by atoms with E-state index >= 15 is 0 Å². The number of Topliss-reactive ketones (excluding diaryl/α,β-unsaturated/α-hetero) is 1. The molecule has 35 heavy (non-hydrogen) atoms. The first-order valence-corrected chi connectivity index (χ1v) is 11.9. The molecule has 9 nitrogen and oxygen atoms in total. The fourth-order valence-corrected chi connectivity index (χ4v) is 3.47. The summed E-state index contributed by atoms with van der Waals surface area (Å²) in [6, 6.07) is 4.85. The van der Waals surface area contributed by atoms with Crippen molar-refractivity contribution in [1.82, 2.24) is 0 Å². The van der Waals surface area contributed by atoms with Gasteiger partial charge in [0.25, 0.3) is 5.91 Å². The van der Waals surface area contributed by atoms with Gasteiger partial charge < -0.3 is 24.3 Å². The summed E-state index contributed by atoms with van der Waals surface area (Å²) >= 11 is 12.7. The Kier molecular flexibility index (Phi) is 11.1. The van der Waals surface area contributed by atoms with Gasteiger partial charge in [-0.05, 0) is 34.6 Å². The molecule has 0 bridgehead atoms. The first-order valence-electron chi connectivity index (χ1n) is 11.2. The van der Waals surface area contributed by atoms with Crippen molar-refractivity contribution in [3.05, 3.63) is 34.3 Å². The van der Waals surface area contributed by atoms with Crippen molar-refractivity contribution in [3.63, 3.8) is 0 Å². The van der Waals surface area contributed by atoms with Gasteiger partial charge in [-0.3, -0.25) is 9.59 Å². The summed E-state index contributed by atoms with van der Waals surface area (Å²) in [5, 5.41) is 11.0. The zero-order chi connectivity index (χ0) is 26.0. The van der Waals surface area contributed by atoms with Crippen LogP contribution in [0.1, 0.15) is 34.6 Å². The van der Waals surface area contributed by atoms with Crippen molar-refractivity contribution in [1.29, 1.82) is 0 Å². The van der Waals surface area contributed by atoms with Crippen LogP contribution < -0.4 is 24.3 Å². The minimum atomic E-state index is -1.47. The Morgan fingerprint density at radius 3 is 1.89 bits per heavy atom. The minimum Gasteiger partial charge on any atom is -0.494 e. The number of halogens is 2. The summed E-state index contributed by atoms with van der Waals surface area (Å²) in [5.74, 6) is 0.302. The molecule has 11 heteroatoms. The van der Waals surface area contributed by atoms with Gasteiger partial charge in [0.15, 0.2) is 11.5 Å². The van der Waals surface area contributed by atoms with Crippen molar-refractivity contribution in [2.24, 2.45) is 10.2 Å². The van der Waals surface area contributed by atoms with Gasteiger partial charge in [0.05, 0.1) is 36.5 Å². The molecule has 2 aromatic rings. The van der Waals surface area contributed by atoms with Gasteiger partial charge >= 0.3 is 0 Å². The van der Waals surface area contributed by atoms with E-state index in [1.54, 1.807) is 38.1 Å². The number of ether oxygens (including phenoxy) is 4. The topological polar surface area (TPSA) is 108 Å². The van der Waals surface area contributed by atoms with Gasteiger partial charge in [-0.25, -0.2) is 0 Å². The highest BCUT2D eigenvalue weighted by atomic mass is 35.5. The number of anilines is 1. The quantitative estimate of drug-likeness (QED) is 0.244. The molecule has 0 spiro atoms. The number of nitrogens with one attached hydrogen (secondary N) is 1. The van der Waals surface area contributed by atoms with E-state index in [1.165, 1.54) is 6.92 Å². The van der Waals surface area contributed by atoms with Crippen molar-refractivity contribution in [2.45, 2.75) is 40.7 Å². The molecule has 0 aromatic heterocycles. The average Bonchev–Trinajstić information content (AvgIpc) is 2.78. The van der Waals surface area contributed by atoms with E-state index in [0.717, 1.165) is 0 Å². The van der Waals surface area contributed by atoms with Gasteiger partial charge in [-0.2, -0.15) is 5.11 Å². The van der Waals surface area contributed by atoms with E-state index < -0.39 is 17.7 Å². The van der Waals surface area contributed by atoms with Crippen LogP contribution in [0.15, 0.2) is 34.5 Å². The third kappa shape index (κ3) is 7.73. The Morgan fingerprint density at radius 2 is 1.34 bits per heavy atom. The fourth-order valence-electron chi connectivity index (χ4n) is 2.99. The zero-order valence-corrected chi connectivity index (χ0v) is 21.8. The molecule has 1 unspecified atom stereocenters. The number of azo groups is 1. The van der Waals surface area contributed by atoms with E-state index in [2.05, 4.69) is 15.5 Å². The molecule has 0 radical (unpaired) electrons. The second-order valence-electron chi connectivity index (χ2n) is 6.98. The van der Waals surface area contributed by atoms with Crippen LogP contribution in [0.5, 0.6) is 23.0 Å². The molecular formula is C24H29Cl2N3O6. The van der Waals surface area contributed by atoms with Gasteiger partial charge in [0.1, 0.15) is 28.6 Å². The first kappa shape index (κ1) is 28.2. The summed E-state index contributed by atoms with van der Waals surface area (Å²) < 4.78 is 22.1. The zero-order valence-electron chi connectivity index (χ0n) is 20.3. The third-order valence-corrected chi connectivity index (χ3v) is 4.99. The largest absolute Gasteiger partial charge is 0.494 e. The molecule has 0 fully saturated rings. The van der Waals surface area contributed by atoms with E-state index in [-0.39, 0.29) is 21.4 Å². The van der Waals surface area contributed by atoms with Crippen molar-refractivity contribution >= 4 is 46.3 Å². The Bertz CT molecular complexity index is 1080. The van der Waals surface area contributed by atoms with E-state index in [9.17, 15) is 9.59 Å². The maximum atomic E-state index is 13.0. The molecule has 0 aliphatic heterocycles. The Morgan fingerprint density at radius 1 is 0.829 bits per heavy atom. The van der Waals surface area contributed by atoms with Gasteiger partial charge in [-0.15, -0.1) is 5.11 Å². The SMILES string of the molecule is CCOc1cc(Cl)c(N=NC(C(C)=O)C(=O)Nc2c(Cl)cc(OCC)cc2OCC)c(OCC)c1. The van der Waals surface area contributed by atoms with Gasteiger partial charge in [-0.1, -0.05) is 23.2 Å². The molecule has 2 rings (SSSR count). The lowest BCUT2D eigenvalue weighted by Crippen LogP contribution is -2.32. The number of carbonyl (C=O) groups excluding carboxylic acids is 2. The molecule has 1 amide bonds. The maximum Gasteiger partial charge on any atom is 0.258 e. The van der Waals surface area contributed by atoms with Crippen LogP contribution in [-0.4, -0.2) is 44.2 Å². The molecule has 0 aliphatic rings. The van der Waals surface area contributed by atoms with Crippen LogP contribution in [0.2, 0.25) is 10.0 Å². The maximum absolute atomic E-state index is 13.0. The number of carbonyl (C=O) groups is 2. The molecular weight excluding hydrogens is 497 g/mol. The predicted molar refractivity (Wildman–Crippen MR) is 135 cm³/mol. The number of benzene rings is 2. The molecule has 0 aliphatic carbocycles. The standard InChI is InChI=1S/C24H29Cl2N3O6/c1-6-32-15-10-17(25)22(19(12-15)34-8-3)27-24(31)21(14(5)30)28-29-23-18(26)11-16(33-7-2)13-20(23)35-9-4/h10-13,21H,6-9H2,1-5H3,(H,27,31). The van der Waals surface area contributed by atoms with Crippen LogP contribution >= 0.6 is 23.2 Å². The molecule has 2 aromatic carbocycles.